The van der Waals surface area contributed by atoms with Gasteiger partial charge in [0, 0.05) is 0 Å². The predicted molar refractivity (Wildman–Crippen MR) is 103 cm³/mol. The number of hydrogen-bond donors (Lipinski definition) is 1. The maximum atomic E-state index is 12.2. The van der Waals surface area contributed by atoms with Gasteiger partial charge in [-0.1, -0.05) is 42.5 Å². The van der Waals surface area contributed by atoms with Crippen molar-refractivity contribution in [1.82, 2.24) is 5.43 Å². The van der Waals surface area contributed by atoms with E-state index in [9.17, 15) is 4.79 Å². The summed E-state index contributed by atoms with van der Waals surface area (Å²) in [6.07, 6.45) is 1.84. The smallest absolute Gasteiger partial charge is 0.244 e. The summed E-state index contributed by atoms with van der Waals surface area (Å²) in [4.78, 5) is 12.2. The molecular formula is C21H20N2O3. The lowest BCUT2D eigenvalue weighted by Crippen LogP contribution is -2.19. The monoisotopic (exact) mass is 348 g/mol. The average Bonchev–Trinajstić information content (AvgIpc) is 2.68. The normalized spacial score (nSPS) is 10.8. The van der Waals surface area contributed by atoms with Crippen molar-refractivity contribution < 1.29 is 14.3 Å². The molecule has 0 fully saturated rings. The van der Waals surface area contributed by atoms with E-state index in [1.54, 1.807) is 32.6 Å². The lowest BCUT2D eigenvalue weighted by Gasteiger charge is -2.07. The molecule has 0 unspecified atom stereocenters. The van der Waals surface area contributed by atoms with Crippen molar-refractivity contribution in [1.29, 1.82) is 0 Å². The van der Waals surface area contributed by atoms with E-state index in [4.69, 9.17) is 9.47 Å². The SMILES string of the molecule is COc1ccc(/C=N\NC(=O)Cc2cccc3ccccc23)cc1OC. The Kier molecular flexibility index (Phi) is 5.49. The minimum absolute atomic E-state index is 0.168. The zero-order chi connectivity index (χ0) is 18.4. The van der Waals surface area contributed by atoms with Gasteiger partial charge in [0.2, 0.25) is 5.91 Å². The molecule has 0 aromatic heterocycles. The average molecular weight is 348 g/mol. The van der Waals surface area contributed by atoms with Gasteiger partial charge < -0.3 is 9.47 Å². The zero-order valence-electron chi connectivity index (χ0n) is 14.7. The van der Waals surface area contributed by atoms with Crippen LogP contribution in [0.1, 0.15) is 11.1 Å². The van der Waals surface area contributed by atoms with Crippen LogP contribution in [-0.2, 0) is 11.2 Å². The molecule has 0 aliphatic heterocycles. The number of hydrazone groups is 1. The quantitative estimate of drug-likeness (QED) is 0.547. The molecule has 132 valence electrons. The lowest BCUT2D eigenvalue weighted by atomic mass is 10.0. The van der Waals surface area contributed by atoms with Crippen LogP contribution in [0.4, 0.5) is 0 Å². The highest BCUT2D eigenvalue weighted by Crippen LogP contribution is 2.26. The molecule has 0 aliphatic rings. The third-order valence-corrected chi connectivity index (χ3v) is 4.04. The highest BCUT2D eigenvalue weighted by molar-refractivity contribution is 5.90. The van der Waals surface area contributed by atoms with Gasteiger partial charge in [0.1, 0.15) is 0 Å². The van der Waals surface area contributed by atoms with Gasteiger partial charge in [-0.15, -0.1) is 0 Å². The van der Waals surface area contributed by atoms with Gasteiger partial charge in [0.15, 0.2) is 11.5 Å². The number of amides is 1. The molecule has 0 saturated carbocycles. The molecule has 5 nitrogen and oxygen atoms in total. The Hall–Kier alpha value is -3.34. The van der Waals surface area contributed by atoms with Crippen LogP contribution >= 0.6 is 0 Å². The second-order valence-corrected chi connectivity index (χ2v) is 5.72. The van der Waals surface area contributed by atoms with Gasteiger partial charge >= 0.3 is 0 Å². The molecule has 5 heteroatoms. The number of nitrogens with zero attached hydrogens (tertiary/aromatic N) is 1. The zero-order valence-corrected chi connectivity index (χ0v) is 14.7. The minimum atomic E-state index is -0.168. The van der Waals surface area contributed by atoms with Crippen molar-refractivity contribution in [2.75, 3.05) is 14.2 Å². The molecule has 0 radical (unpaired) electrons. The van der Waals surface area contributed by atoms with Gasteiger partial charge in [-0.05, 0) is 40.1 Å². The topological polar surface area (TPSA) is 59.9 Å². The molecule has 0 spiro atoms. The highest BCUT2D eigenvalue weighted by atomic mass is 16.5. The lowest BCUT2D eigenvalue weighted by molar-refractivity contribution is -0.120. The van der Waals surface area contributed by atoms with Gasteiger partial charge in [0.05, 0.1) is 26.9 Å². The molecule has 0 saturated heterocycles. The van der Waals surface area contributed by atoms with E-state index >= 15 is 0 Å². The number of hydrogen-bond acceptors (Lipinski definition) is 4. The van der Waals surface area contributed by atoms with Crippen molar-refractivity contribution in [3.8, 4) is 11.5 Å². The fraction of sp³-hybridized carbons (Fsp3) is 0.143. The summed E-state index contributed by atoms with van der Waals surface area (Å²) in [6.45, 7) is 0. The van der Waals surface area contributed by atoms with Gasteiger partial charge in [-0.2, -0.15) is 5.10 Å². The standard InChI is InChI=1S/C21H20N2O3/c1-25-19-11-10-15(12-20(19)26-2)14-22-23-21(24)13-17-8-5-7-16-6-3-4-9-18(16)17/h3-12,14H,13H2,1-2H3,(H,23,24)/b22-14-. The van der Waals surface area contributed by atoms with Gasteiger partial charge in [-0.25, -0.2) is 5.43 Å². The van der Waals surface area contributed by atoms with E-state index in [-0.39, 0.29) is 12.3 Å². The first-order valence-corrected chi connectivity index (χ1v) is 8.22. The Morgan fingerprint density at radius 3 is 2.58 bits per heavy atom. The summed E-state index contributed by atoms with van der Waals surface area (Å²) in [5, 5.41) is 6.22. The minimum Gasteiger partial charge on any atom is -0.493 e. The van der Waals surface area contributed by atoms with Crippen molar-refractivity contribution in [3.63, 3.8) is 0 Å². The van der Waals surface area contributed by atoms with E-state index < -0.39 is 0 Å². The molecule has 1 amide bonds. The summed E-state index contributed by atoms with van der Waals surface area (Å²) >= 11 is 0. The van der Waals surface area contributed by atoms with Gasteiger partial charge in [0.25, 0.3) is 0 Å². The number of carbonyl (C=O) groups is 1. The number of carbonyl (C=O) groups excluding carboxylic acids is 1. The third-order valence-electron chi connectivity index (χ3n) is 4.04. The molecule has 3 rings (SSSR count). The summed E-state index contributed by atoms with van der Waals surface area (Å²) < 4.78 is 10.4. The molecule has 0 atom stereocenters. The molecule has 1 N–H and O–H groups in total. The maximum Gasteiger partial charge on any atom is 0.244 e. The highest BCUT2D eigenvalue weighted by Gasteiger charge is 2.06. The maximum absolute atomic E-state index is 12.2. The summed E-state index contributed by atoms with van der Waals surface area (Å²) in [7, 11) is 3.16. The van der Waals surface area contributed by atoms with Crippen LogP contribution in [0, 0.1) is 0 Å². The Morgan fingerprint density at radius 1 is 1.00 bits per heavy atom. The summed E-state index contributed by atoms with van der Waals surface area (Å²) in [5.74, 6) is 1.08. The van der Waals surface area contributed by atoms with E-state index in [2.05, 4.69) is 10.5 Å². The summed E-state index contributed by atoms with van der Waals surface area (Å²) in [5.41, 5.74) is 4.34. The number of nitrogens with one attached hydrogen (secondary N) is 1. The Balaban J connectivity index is 1.66. The Labute approximate surface area is 152 Å². The number of methoxy groups -OCH3 is 2. The Morgan fingerprint density at radius 2 is 1.77 bits per heavy atom. The first kappa shape index (κ1) is 17.5. The number of ether oxygens (including phenoxy) is 2. The van der Waals surface area contributed by atoms with Crippen LogP contribution in [0.3, 0.4) is 0 Å². The first-order valence-electron chi connectivity index (χ1n) is 8.22. The van der Waals surface area contributed by atoms with Crippen LogP contribution < -0.4 is 14.9 Å². The van der Waals surface area contributed by atoms with Crippen molar-refractivity contribution >= 4 is 22.9 Å². The van der Waals surface area contributed by atoms with Crippen LogP contribution in [0.15, 0.2) is 65.8 Å². The molecule has 3 aromatic carbocycles. The van der Waals surface area contributed by atoms with E-state index in [0.29, 0.717) is 11.5 Å². The number of benzene rings is 3. The third kappa shape index (κ3) is 4.00. The molecule has 0 heterocycles. The Bertz CT molecular complexity index is 946. The van der Waals surface area contributed by atoms with E-state index in [1.165, 1.54) is 0 Å². The van der Waals surface area contributed by atoms with Crippen molar-refractivity contribution in [2.24, 2.45) is 5.10 Å². The molecule has 0 aliphatic carbocycles. The first-order chi connectivity index (χ1) is 12.7. The molecule has 3 aromatic rings. The summed E-state index contributed by atoms with van der Waals surface area (Å²) in [6, 6.07) is 19.4. The number of fused-ring (bicyclic) bond motifs is 1. The van der Waals surface area contributed by atoms with Crippen LogP contribution in [0.2, 0.25) is 0 Å². The van der Waals surface area contributed by atoms with Crippen LogP contribution in [0.25, 0.3) is 10.8 Å². The van der Waals surface area contributed by atoms with Gasteiger partial charge in [-0.3, -0.25) is 4.79 Å². The van der Waals surface area contributed by atoms with E-state index in [0.717, 1.165) is 21.9 Å². The largest absolute Gasteiger partial charge is 0.493 e. The second kappa shape index (κ2) is 8.16. The van der Waals surface area contributed by atoms with Crippen molar-refractivity contribution in [3.05, 3.63) is 71.8 Å². The van der Waals surface area contributed by atoms with Crippen LogP contribution in [0.5, 0.6) is 11.5 Å². The second-order valence-electron chi connectivity index (χ2n) is 5.72. The molecule has 26 heavy (non-hydrogen) atoms. The predicted octanol–water partition coefficient (Wildman–Crippen LogP) is 3.55. The fourth-order valence-electron chi connectivity index (χ4n) is 2.77. The fourth-order valence-corrected chi connectivity index (χ4v) is 2.77. The molecular weight excluding hydrogens is 328 g/mol. The van der Waals surface area contributed by atoms with E-state index in [1.807, 2.05) is 48.5 Å². The molecule has 0 bridgehead atoms. The van der Waals surface area contributed by atoms with Crippen molar-refractivity contribution in [2.45, 2.75) is 6.42 Å². The number of rotatable bonds is 6. The van der Waals surface area contributed by atoms with Crippen LogP contribution in [-0.4, -0.2) is 26.3 Å².